The highest BCUT2D eigenvalue weighted by atomic mass is 32.1. The lowest BCUT2D eigenvalue weighted by Crippen LogP contribution is -2.10. The summed E-state index contributed by atoms with van der Waals surface area (Å²) in [5.41, 5.74) is 5.46. The lowest BCUT2D eigenvalue weighted by atomic mass is 10.2. The van der Waals surface area contributed by atoms with Crippen LogP contribution in [-0.4, -0.2) is 5.91 Å². The summed E-state index contributed by atoms with van der Waals surface area (Å²) < 4.78 is 0. The molecule has 1 aromatic carbocycles. The second-order valence-electron chi connectivity index (χ2n) is 1.89. The third kappa shape index (κ3) is 1.45. The van der Waals surface area contributed by atoms with Crippen molar-refractivity contribution in [2.24, 2.45) is 5.73 Å². The van der Waals surface area contributed by atoms with Gasteiger partial charge in [-0.3, -0.25) is 4.79 Å². The van der Waals surface area contributed by atoms with E-state index in [9.17, 15) is 4.79 Å². The molecule has 0 aliphatic carbocycles. The first-order valence-electron chi connectivity index (χ1n) is 2.77. The van der Waals surface area contributed by atoms with Gasteiger partial charge in [-0.05, 0) is 18.2 Å². The first-order chi connectivity index (χ1) is 4.70. The molecule has 0 bridgehead atoms. The maximum absolute atomic E-state index is 10.5. The Morgan fingerprint density at radius 2 is 2.20 bits per heavy atom. The summed E-state index contributed by atoms with van der Waals surface area (Å²) in [6.07, 6.45) is 0. The molecule has 0 saturated carbocycles. The van der Waals surface area contributed by atoms with Crippen molar-refractivity contribution in [3.63, 3.8) is 0 Å². The molecule has 2 N–H and O–H groups in total. The van der Waals surface area contributed by atoms with Crippen LogP contribution < -0.4 is 5.73 Å². The summed E-state index contributed by atoms with van der Waals surface area (Å²) in [7, 11) is 0. The van der Waals surface area contributed by atoms with E-state index >= 15 is 0 Å². The van der Waals surface area contributed by atoms with Crippen LogP contribution in [-0.2, 0) is 0 Å². The highest BCUT2D eigenvalue weighted by Gasteiger charge is 1.97. The van der Waals surface area contributed by atoms with Crippen LogP contribution in [0.5, 0.6) is 0 Å². The molecule has 0 aromatic heterocycles. The number of benzene rings is 1. The zero-order valence-corrected chi connectivity index (χ0v) is 6.02. The van der Waals surface area contributed by atoms with Crippen molar-refractivity contribution in [3.8, 4) is 0 Å². The minimum Gasteiger partial charge on any atom is -0.366 e. The van der Waals surface area contributed by atoms with Crippen molar-refractivity contribution < 1.29 is 4.79 Å². The number of carbonyl (C=O) groups is 1. The normalized spacial score (nSPS) is 9.20. The van der Waals surface area contributed by atoms with Crippen molar-refractivity contribution in [2.75, 3.05) is 0 Å². The summed E-state index contributed by atoms with van der Waals surface area (Å²) >= 11 is 4.81. The maximum Gasteiger partial charge on any atom is 0.248 e. The van der Waals surface area contributed by atoms with E-state index in [0.29, 0.717) is 10.5 Å². The summed E-state index contributed by atoms with van der Waals surface area (Å²) in [5.74, 6) is -0.438. The fraction of sp³-hybridized carbons (Fsp3) is 0. The van der Waals surface area contributed by atoms with Crippen LogP contribution in [0, 0.1) is 0 Å². The second-order valence-corrected chi connectivity index (χ2v) is 2.36. The highest BCUT2D eigenvalue weighted by Crippen LogP contribution is 2.07. The van der Waals surface area contributed by atoms with Gasteiger partial charge in [0.25, 0.3) is 0 Å². The molecular formula is C7H6NOS. The minimum absolute atomic E-state index is 0.438. The molecular weight excluding hydrogens is 146 g/mol. The van der Waals surface area contributed by atoms with Gasteiger partial charge in [0.05, 0.1) is 0 Å². The molecule has 0 aliphatic rings. The van der Waals surface area contributed by atoms with Crippen molar-refractivity contribution in [3.05, 3.63) is 29.8 Å². The number of amides is 1. The topological polar surface area (TPSA) is 43.1 Å². The number of hydrogen-bond acceptors (Lipinski definition) is 1. The number of carbonyl (C=O) groups excluding carboxylic acids is 1. The average molecular weight is 152 g/mol. The standard InChI is InChI=1S/C7H6NOS/c8-7(9)5-2-1-3-6(10)4-5/h1-4H,(H2,8,9). The average Bonchev–Trinajstić information content (AvgIpc) is 1.88. The SMILES string of the molecule is NC(=O)c1cccc([S])c1. The Morgan fingerprint density at radius 1 is 1.50 bits per heavy atom. The van der Waals surface area contributed by atoms with Gasteiger partial charge in [-0.25, -0.2) is 0 Å². The summed E-state index contributed by atoms with van der Waals surface area (Å²) in [5, 5.41) is 0. The Labute approximate surface area is 64.5 Å². The van der Waals surface area contributed by atoms with Crippen LogP contribution in [0.1, 0.15) is 10.4 Å². The summed E-state index contributed by atoms with van der Waals surface area (Å²) in [4.78, 5) is 11.2. The number of hydrogen-bond donors (Lipinski definition) is 1. The largest absolute Gasteiger partial charge is 0.366 e. The molecule has 0 saturated heterocycles. The van der Waals surface area contributed by atoms with Crippen LogP contribution in [0.15, 0.2) is 29.2 Å². The molecule has 0 heterocycles. The van der Waals surface area contributed by atoms with Gasteiger partial charge in [-0.15, -0.1) is 0 Å². The van der Waals surface area contributed by atoms with Gasteiger partial charge in [-0.1, -0.05) is 18.7 Å². The summed E-state index contributed by atoms with van der Waals surface area (Å²) in [6.45, 7) is 0. The summed E-state index contributed by atoms with van der Waals surface area (Å²) in [6, 6.07) is 6.67. The van der Waals surface area contributed by atoms with E-state index in [1.807, 2.05) is 0 Å². The Kier molecular flexibility index (Phi) is 1.87. The zero-order valence-electron chi connectivity index (χ0n) is 5.20. The van der Waals surface area contributed by atoms with Crippen LogP contribution in [0.4, 0.5) is 0 Å². The number of rotatable bonds is 1. The quantitative estimate of drug-likeness (QED) is 0.648. The molecule has 1 rings (SSSR count). The Bertz CT molecular complexity index is 260. The fourth-order valence-electron chi connectivity index (χ4n) is 0.649. The molecule has 0 aliphatic heterocycles. The van der Waals surface area contributed by atoms with E-state index in [-0.39, 0.29) is 0 Å². The minimum atomic E-state index is -0.438. The van der Waals surface area contributed by atoms with Crippen molar-refractivity contribution >= 4 is 18.5 Å². The van der Waals surface area contributed by atoms with Gasteiger partial charge in [-0.2, -0.15) is 0 Å². The van der Waals surface area contributed by atoms with Crippen molar-refractivity contribution in [1.29, 1.82) is 0 Å². The third-order valence-electron chi connectivity index (χ3n) is 1.12. The molecule has 2 nitrogen and oxygen atoms in total. The monoisotopic (exact) mass is 152 g/mol. The van der Waals surface area contributed by atoms with Crippen molar-refractivity contribution in [2.45, 2.75) is 4.90 Å². The molecule has 0 fully saturated rings. The van der Waals surface area contributed by atoms with E-state index in [2.05, 4.69) is 0 Å². The van der Waals surface area contributed by atoms with Gasteiger partial charge < -0.3 is 5.73 Å². The van der Waals surface area contributed by atoms with Crippen LogP contribution in [0.3, 0.4) is 0 Å². The van der Waals surface area contributed by atoms with Crippen molar-refractivity contribution in [1.82, 2.24) is 0 Å². The molecule has 3 heteroatoms. The zero-order chi connectivity index (χ0) is 7.56. The number of nitrogens with two attached hydrogens (primary N) is 1. The molecule has 10 heavy (non-hydrogen) atoms. The lowest BCUT2D eigenvalue weighted by Gasteiger charge is -1.93. The predicted molar refractivity (Wildman–Crippen MR) is 40.8 cm³/mol. The Balaban J connectivity index is 3.07. The van der Waals surface area contributed by atoms with E-state index in [1.54, 1.807) is 24.3 Å². The highest BCUT2D eigenvalue weighted by molar-refractivity contribution is 7.80. The molecule has 1 amide bonds. The molecule has 51 valence electrons. The molecule has 0 unspecified atom stereocenters. The number of primary amides is 1. The van der Waals surface area contributed by atoms with Gasteiger partial charge in [0, 0.05) is 10.5 Å². The van der Waals surface area contributed by atoms with Crippen LogP contribution in [0.2, 0.25) is 0 Å². The third-order valence-corrected chi connectivity index (χ3v) is 1.37. The predicted octanol–water partition coefficient (Wildman–Crippen LogP) is 1.34. The first kappa shape index (κ1) is 7.02. The molecule has 0 atom stereocenters. The molecule has 0 spiro atoms. The maximum atomic E-state index is 10.5. The lowest BCUT2D eigenvalue weighted by molar-refractivity contribution is 0.1000. The second kappa shape index (κ2) is 2.66. The smallest absolute Gasteiger partial charge is 0.248 e. The van der Waals surface area contributed by atoms with Gasteiger partial charge >= 0.3 is 0 Å². The van der Waals surface area contributed by atoms with E-state index < -0.39 is 5.91 Å². The van der Waals surface area contributed by atoms with Crippen LogP contribution >= 0.6 is 12.6 Å². The van der Waals surface area contributed by atoms with Gasteiger partial charge in [0.15, 0.2) is 0 Å². The van der Waals surface area contributed by atoms with E-state index in [4.69, 9.17) is 18.4 Å². The Hall–Kier alpha value is -1.09. The van der Waals surface area contributed by atoms with Crippen LogP contribution in [0.25, 0.3) is 0 Å². The van der Waals surface area contributed by atoms with Gasteiger partial charge in [0.2, 0.25) is 5.91 Å². The fourth-order valence-corrected chi connectivity index (χ4v) is 0.855. The first-order valence-corrected chi connectivity index (χ1v) is 3.18. The molecule has 1 radical (unpaired) electrons. The van der Waals surface area contributed by atoms with E-state index in [0.717, 1.165) is 0 Å². The van der Waals surface area contributed by atoms with E-state index in [1.165, 1.54) is 0 Å². The Morgan fingerprint density at radius 3 is 2.60 bits per heavy atom. The molecule has 1 aromatic rings. The van der Waals surface area contributed by atoms with Gasteiger partial charge in [0.1, 0.15) is 0 Å².